The molecule has 0 radical (unpaired) electrons. The van der Waals surface area contributed by atoms with Crippen molar-refractivity contribution < 1.29 is 65.5 Å². The first-order chi connectivity index (χ1) is 26.8. The van der Waals surface area contributed by atoms with E-state index in [-0.39, 0.29) is 18.2 Å². The van der Waals surface area contributed by atoms with Gasteiger partial charge in [0.15, 0.2) is 11.5 Å². The van der Waals surface area contributed by atoms with Crippen LogP contribution in [0.25, 0.3) is 21.8 Å². The summed E-state index contributed by atoms with van der Waals surface area (Å²) >= 11 is 0. The molecule has 57 heavy (non-hydrogen) atoms. The second kappa shape index (κ2) is 20.2. The number of hydrogen-bond donors (Lipinski definition) is 7. The van der Waals surface area contributed by atoms with E-state index >= 15 is 0 Å². The highest BCUT2D eigenvalue weighted by molar-refractivity contribution is 6.08. The molecule has 13 nitrogen and oxygen atoms in total. The lowest BCUT2D eigenvalue weighted by Crippen LogP contribution is -2.34. The van der Waals surface area contributed by atoms with E-state index < -0.39 is 30.2 Å². The van der Waals surface area contributed by atoms with E-state index in [4.69, 9.17) is 35.0 Å². The first-order valence-electron chi connectivity index (χ1n) is 17.2. The van der Waals surface area contributed by atoms with Crippen molar-refractivity contribution in [2.45, 2.75) is 58.6 Å². The van der Waals surface area contributed by atoms with Crippen molar-refractivity contribution in [3.63, 3.8) is 0 Å². The number of anilines is 2. The van der Waals surface area contributed by atoms with E-state index in [1.807, 2.05) is 50.2 Å². The fourth-order valence-electron chi connectivity index (χ4n) is 5.49. The lowest BCUT2D eigenvalue weighted by atomic mass is 10.0. The van der Waals surface area contributed by atoms with Gasteiger partial charge in [-0.25, -0.2) is 9.59 Å². The maximum Gasteiger partial charge on any atom is 0.490 e. The summed E-state index contributed by atoms with van der Waals surface area (Å²) in [6.07, 6.45) is -7.25. The number of aliphatic hydroxyl groups is 1. The summed E-state index contributed by atoms with van der Waals surface area (Å²) in [5, 5.41) is 33.3. The highest BCUT2D eigenvalue weighted by Crippen LogP contribution is 2.38. The molecule has 1 atom stereocenters. The van der Waals surface area contributed by atoms with Crippen LogP contribution in [0, 0.1) is 0 Å². The van der Waals surface area contributed by atoms with Gasteiger partial charge < -0.3 is 46.1 Å². The van der Waals surface area contributed by atoms with Gasteiger partial charge in [0, 0.05) is 53.6 Å². The molecule has 3 aromatic carbocycles. The van der Waals surface area contributed by atoms with Crippen molar-refractivity contribution in [2.24, 2.45) is 5.73 Å². The minimum atomic E-state index is -5.08. The molecule has 0 fully saturated rings. The highest BCUT2D eigenvalue weighted by atomic mass is 19.4. The Morgan fingerprint density at radius 2 is 1.47 bits per heavy atom. The number of aliphatic hydroxyl groups excluding tert-OH is 1. The quantitative estimate of drug-likeness (QED) is 0.0576. The molecule has 1 unspecified atom stereocenters. The Bertz CT molecular complexity index is 2100. The molecule has 19 heteroatoms. The van der Waals surface area contributed by atoms with Crippen molar-refractivity contribution in [3.05, 3.63) is 89.2 Å². The summed E-state index contributed by atoms with van der Waals surface area (Å²) < 4.78 is 75.1. The molecule has 5 rings (SSSR count). The van der Waals surface area contributed by atoms with E-state index in [0.29, 0.717) is 54.3 Å². The number of ether oxygens (including phenoxy) is 2. The number of rotatable bonds is 14. The maximum atomic E-state index is 12.5. The van der Waals surface area contributed by atoms with E-state index in [9.17, 15) is 36.2 Å². The van der Waals surface area contributed by atoms with Crippen LogP contribution in [-0.2, 0) is 29.0 Å². The van der Waals surface area contributed by atoms with Gasteiger partial charge in [-0.2, -0.15) is 26.3 Å². The number of carbonyl (C=O) groups is 3. The number of carboxylic acids is 2. The fraction of sp³-hybridized carbons (Fsp3) is 0.316. The van der Waals surface area contributed by atoms with Gasteiger partial charge in [0.1, 0.15) is 0 Å². The largest absolute Gasteiger partial charge is 0.490 e. The average molecular weight is 810 g/mol. The number of hydrogen-bond acceptors (Lipinski definition) is 9. The molecule has 0 bridgehead atoms. The van der Waals surface area contributed by atoms with Gasteiger partial charge in [-0.1, -0.05) is 37.3 Å². The molecule has 0 saturated heterocycles. The number of pyridine rings is 1. The van der Waals surface area contributed by atoms with Gasteiger partial charge in [0.25, 0.3) is 5.91 Å². The molecule has 0 spiro atoms. The number of amides is 1. The first-order valence-corrected chi connectivity index (χ1v) is 17.2. The minimum Gasteiger partial charge on any atom is -0.490 e. The molecule has 8 N–H and O–H groups in total. The maximum absolute atomic E-state index is 12.5. The van der Waals surface area contributed by atoms with Crippen LogP contribution < -0.4 is 25.8 Å². The van der Waals surface area contributed by atoms with E-state index in [1.165, 1.54) is 6.20 Å². The predicted octanol–water partition coefficient (Wildman–Crippen LogP) is 6.88. The van der Waals surface area contributed by atoms with Crippen molar-refractivity contribution in [1.29, 1.82) is 0 Å². The summed E-state index contributed by atoms with van der Waals surface area (Å²) in [6.45, 7) is 7.43. The van der Waals surface area contributed by atoms with Crippen molar-refractivity contribution >= 4 is 51.0 Å². The number of halogens is 6. The molecule has 2 aromatic heterocycles. The standard InChI is InChI=1S/C34H39N5O4.2C2HF3O2/c1-4-25-22(18-36-24(20-40)15-23-14-21-10-7-8-12-28(21)38-23)11-9-13-29(25)39-33-26-16-31(42-5-2)32(43-6-3)17-30(26)37-19-27(33)34(35)41;2*3-2(4,5)1(6)7/h7-14,16-17,19,24,36,38,40H,4-6,15,18,20H2,1-3H3,(H2,35,41)(H,37,39);2*(H,6,7). The van der Waals surface area contributed by atoms with E-state index in [1.54, 1.807) is 0 Å². The Kier molecular flexibility index (Phi) is 16.1. The molecule has 0 aliphatic carbocycles. The number of fused-ring (bicyclic) bond motifs is 2. The minimum absolute atomic E-state index is 0.00559. The van der Waals surface area contributed by atoms with Gasteiger partial charge in [-0.15, -0.1) is 0 Å². The molecule has 0 aliphatic heterocycles. The Hall–Kier alpha value is -6.08. The molecular weight excluding hydrogens is 768 g/mol. The molecule has 2 heterocycles. The number of carboxylic acid groups (broad SMARTS) is 2. The smallest absolute Gasteiger partial charge is 0.490 e. The molecular formula is C38H41F6N5O8. The van der Waals surface area contributed by atoms with Crippen LogP contribution in [0.5, 0.6) is 11.5 Å². The second-order valence-electron chi connectivity index (χ2n) is 12.0. The predicted molar refractivity (Wildman–Crippen MR) is 199 cm³/mol. The Morgan fingerprint density at radius 1 is 0.877 bits per heavy atom. The Labute approximate surface area is 321 Å². The SMILES string of the molecule is CCOc1cc2ncc(C(N)=O)c(Nc3cccc(CNC(CO)Cc4cc5ccccc5[nH]4)c3CC)c2cc1OCC.O=C(O)C(F)(F)F.O=C(O)C(F)(F)F. The van der Waals surface area contributed by atoms with Gasteiger partial charge in [-0.05, 0) is 61.0 Å². The van der Waals surface area contributed by atoms with Crippen LogP contribution in [0.4, 0.5) is 37.7 Å². The molecule has 0 saturated carbocycles. The summed E-state index contributed by atoms with van der Waals surface area (Å²) in [6, 6.07) is 19.9. The summed E-state index contributed by atoms with van der Waals surface area (Å²) in [7, 11) is 0. The monoisotopic (exact) mass is 809 g/mol. The lowest BCUT2D eigenvalue weighted by molar-refractivity contribution is -0.193. The Morgan fingerprint density at radius 3 is 2.00 bits per heavy atom. The van der Waals surface area contributed by atoms with Crippen LogP contribution in [-0.4, -0.2) is 81.3 Å². The van der Waals surface area contributed by atoms with Crippen LogP contribution >= 0.6 is 0 Å². The van der Waals surface area contributed by atoms with Crippen molar-refractivity contribution in [2.75, 3.05) is 25.1 Å². The number of para-hydroxylation sites is 1. The summed E-state index contributed by atoms with van der Waals surface area (Å²) in [5.41, 5.74) is 12.5. The number of primary amides is 1. The fourth-order valence-corrected chi connectivity index (χ4v) is 5.49. The topological polar surface area (TPSA) is 209 Å². The zero-order valence-corrected chi connectivity index (χ0v) is 30.8. The van der Waals surface area contributed by atoms with Gasteiger partial charge in [-0.3, -0.25) is 9.78 Å². The number of aromatic nitrogens is 2. The third-order valence-corrected chi connectivity index (χ3v) is 8.02. The third-order valence-electron chi connectivity index (χ3n) is 8.02. The van der Waals surface area contributed by atoms with E-state index in [0.717, 1.165) is 39.8 Å². The first kappa shape index (κ1) is 45.3. The zero-order valence-electron chi connectivity index (χ0n) is 30.8. The van der Waals surface area contributed by atoms with Gasteiger partial charge in [0.05, 0.1) is 36.6 Å². The number of benzene rings is 3. The van der Waals surface area contributed by atoms with Crippen LogP contribution in [0.1, 0.15) is 48.0 Å². The lowest BCUT2D eigenvalue weighted by Gasteiger charge is -2.21. The zero-order chi connectivity index (χ0) is 42.5. The number of nitrogens with two attached hydrogens (primary N) is 1. The molecule has 0 aliphatic rings. The van der Waals surface area contributed by atoms with Crippen molar-refractivity contribution in [3.8, 4) is 11.5 Å². The van der Waals surface area contributed by atoms with Crippen LogP contribution in [0.2, 0.25) is 0 Å². The number of nitrogens with zero attached hydrogens (tertiary/aromatic N) is 1. The van der Waals surface area contributed by atoms with Crippen LogP contribution in [0.3, 0.4) is 0 Å². The molecule has 5 aromatic rings. The summed E-state index contributed by atoms with van der Waals surface area (Å²) in [4.78, 5) is 38.3. The van der Waals surface area contributed by atoms with Crippen LogP contribution in [0.15, 0.2) is 66.9 Å². The number of carbonyl (C=O) groups excluding carboxylic acids is 1. The van der Waals surface area contributed by atoms with Gasteiger partial charge >= 0.3 is 24.3 Å². The number of aromatic amines is 1. The second-order valence-corrected chi connectivity index (χ2v) is 12.0. The van der Waals surface area contributed by atoms with Crippen molar-refractivity contribution in [1.82, 2.24) is 15.3 Å². The van der Waals surface area contributed by atoms with Gasteiger partial charge in [0.2, 0.25) is 0 Å². The molecule has 308 valence electrons. The summed E-state index contributed by atoms with van der Waals surface area (Å²) in [5.74, 6) is -4.93. The number of alkyl halides is 6. The number of aliphatic carboxylic acids is 2. The number of H-pyrrole nitrogens is 1. The number of nitrogens with one attached hydrogen (secondary N) is 3. The highest BCUT2D eigenvalue weighted by Gasteiger charge is 2.39. The van der Waals surface area contributed by atoms with E-state index in [2.05, 4.69) is 51.8 Å². The molecule has 1 amide bonds. The Balaban J connectivity index is 0.000000531. The average Bonchev–Trinajstić information content (AvgIpc) is 3.56. The third kappa shape index (κ3) is 12.7. The normalized spacial score (nSPS) is 11.8.